The summed E-state index contributed by atoms with van der Waals surface area (Å²) in [7, 11) is 2.82. The summed E-state index contributed by atoms with van der Waals surface area (Å²) < 4.78 is 50.9. The quantitative estimate of drug-likeness (QED) is 0.0285. The Bertz CT molecular complexity index is 3580. The molecule has 0 aliphatic carbocycles. The summed E-state index contributed by atoms with van der Waals surface area (Å²) in [5, 5.41) is 53.5. The molecule has 20 nitrogen and oxygen atoms in total. The van der Waals surface area contributed by atoms with Crippen LogP contribution in [0.3, 0.4) is 0 Å². The van der Waals surface area contributed by atoms with E-state index in [1.807, 2.05) is 39.8 Å². The number of amides is 1. The number of rotatable bonds is 17. The minimum absolute atomic E-state index is 0.0944. The summed E-state index contributed by atoms with van der Waals surface area (Å²) in [6.07, 6.45) is -5.89. The number of ketones is 2. The fourth-order valence-electron chi connectivity index (χ4n) is 10.1. The van der Waals surface area contributed by atoms with Gasteiger partial charge in [-0.15, -0.1) is 0 Å². The Kier molecular flexibility index (Phi) is 19.6. The number of methoxy groups -OCH3 is 2. The standard InChI is InChI=1S/C32H37NO10.C31H36O9/c1-16(2)7-8-18-13-19(9-11-22(18)34)23(35)15-21-14-20-10-12-24(17(3)26(20)41-29(21)37)40-30-25(36)27(42-31(33)38)28(39-6)32(4,5)43-30;1-16(2)7-8-18-13-19(9-11-22(18)32)23(33)15-21-14-20-10-12-24(17(3)27(20)39-29(21)36)38-30-26(35)25(34)28(37-6)31(4,5)40-30/h7,9-14,25,27-28,30,34,36H,8,15H2,1-6H3,(H2,33,38);7,9-14,25-26,28,30,32,34-35H,8,15H2,1-6H3. The van der Waals surface area contributed by atoms with E-state index in [9.17, 15) is 49.5 Å². The van der Waals surface area contributed by atoms with Crippen molar-refractivity contribution in [2.45, 2.75) is 155 Å². The number of aliphatic hydroxyl groups is 3. The number of aryl methyl sites for hydroxylation is 2. The number of aliphatic hydroxyl groups excluding tert-OH is 3. The molecule has 444 valence electrons. The SMILES string of the molecule is COC1C(O)C(O)C(Oc2ccc3cc(CC(=O)c4ccc(O)c(CC=C(C)C)c4)c(=O)oc3c2C)OC1(C)C.COC1C(OC(N)=O)C(O)C(Oc2ccc3cc(CC(=O)c4ccc(O)c(CC=C(C)C)c4)c(=O)oc3c2C)OC1(C)C. The van der Waals surface area contributed by atoms with Crippen LogP contribution in [0.25, 0.3) is 21.9 Å². The lowest BCUT2D eigenvalue weighted by Gasteiger charge is -2.47. The summed E-state index contributed by atoms with van der Waals surface area (Å²) in [6, 6.07) is 19.1. The Balaban J connectivity index is 0.000000239. The monoisotopic (exact) mass is 1150 g/mol. The Morgan fingerprint density at radius 2 is 0.988 bits per heavy atom. The van der Waals surface area contributed by atoms with Gasteiger partial charge in [0.05, 0.1) is 11.2 Å². The largest absolute Gasteiger partial charge is 0.508 e. The Labute approximate surface area is 479 Å². The Morgan fingerprint density at radius 1 is 0.578 bits per heavy atom. The zero-order chi connectivity index (χ0) is 61.0. The lowest BCUT2D eigenvalue weighted by atomic mass is 9.89. The summed E-state index contributed by atoms with van der Waals surface area (Å²) in [5.74, 6) is 0.180. The van der Waals surface area contributed by atoms with Gasteiger partial charge in [-0.2, -0.15) is 0 Å². The maximum Gasteiger partial charge on any atom is 0.404 e. The molecule has 0 bridgehead atoms. The van der Waals surface area contributed by atoms with Crippen molar-refractivity contribution in [3.63, 3.8) is 0 Å². The van der Waals surface area contributed by atoms with E-state index in [4.69, 9.17) is 47.7 Å². The number of hydrogen-bond acceptors (Lipinski definition) is 19. The zero-order valence-corrected chi connectivity index (χ0v) is 48.6. The fraction of sp³-hybridized carbons (Fsp3) is 0.413. The molecular weight excluding hydrogens is 1070 g/mol. The van der Waals surface area contributed by atoms with Crippen LogP contribution in [0.1, 0.15) is 109 Å². The molecule has 2 aliphatic rings. The van der Waals surface area contributed by atoms with Gasteiger partial charge >= 0.3 is 17.3 Å². The number of aromatic hydroxyl groups is 2. The number of allylic oxidation sites excluding steroid dienone is 4. The molecule has 7 N–H and O–H groups in total. The summed E-state index contributed by atoms with van der Waals surface area (Å²) in [4.78, 5) is 63.5. The van der Waals surface area contributed by atoms with Crippen LogP contribution >= 0.6 is 0 Å². The second-order valence-electron chi connectivity index (χ2n) is 22.3. The number of phenolic OH excluding ortho intramolecular Hbond substituents is 2. The molecule has 4 heterocycles. The third-order valence-electron chi connectivity index (χ3n) is 14.6. The molecule has 0 spiro atoms. The Morgan fingerprint density at radius 3 is 1.39 bits per heavy atom. The van der Waals surface area contributed by atoms with Crippen LogP contribution in [0.4, 0.5) is 4.79 Å². The number of carbonyl (C=O) groups excluding carboxylic acids is 3. The number of benzene rings is 4. The van der Waals surface area contributed by atoms with Gasteiger partial charge in [0.1, 0.15) is 58.6 Å². The number of nitrogens with two attached hydrogens (primary N) is 1. The maximum atomic E-state index is 13.1. The molecule has 0 radical (unpaired) electrons. The average molecular weight is 1150 g/mol. The minimum Gasteiger partial charge on any atom is -0.508 e. The lowest BCUT2D eigenvalue weighted by molar-refractivity contribution is -0.306. The minimum atomic E-state index is -1.46. The van der Waals surface area contributed by atoms with Gasteiger partial charge in [-0.3, -0.25) is 9.59 Å². The first-order valence-corrected chi connectivity index (χ1v) is 26.9. The van der Waals surface area contributed by atoms with Gasteiger partial charge in [0, 0.05) is 71.2 Å². The van der Waals surface area contributed by atoms with Crippen molar-refractivity contribution in [3.05, 3.63) is 161 Å². The second kappa shape index (κ2) is 25.8. The van der Waals surface area contributed by atoms with E-state index in [-0.39, 0.29) is 63.9 Å². The van der Waals surface area contributed by atoms with Crippen LogP contribution < -0.4 is 26.5 Å². The van der Waals surface area contributed by atoms with Gasteiger partial charge in [-0.25, -0.2) is 14.4 Å². The molecule has 83 heavy (non-hydrogen) atoms. The van der Waals surface area contributed by atoms with Crippen LogP contribution in [0.5, 0.6) is 23.0 Å². The normalized spacial score (nSPS) is 21.7. The van der Waals surface area contributed by atoms with Crippen LogP contribution in [0.15, 0.2) is 115 Å². The van der Waals surface area contributed by atoms with Crippen molar-refractivity contribution in [1.29, 1.82) is 0 Å². The van der Waals surface area contributed by atoms with Gasteiger partial charge in [0.15, 0.2) is 23.8 Å². The third kappa shape index (κ3) is 14.4. The number of fused-ring (bicyclic) bond motifs is 2. The number of primary amides is 1. The molecule has 8 unspecified atom stereocenters. The molecule has 2 saturated heterocycles. The highest BCUT2D eigenvalue weighted by Gasteiger charge is 2.53. The van der Waals surface area contributed by atoms with Crippen molar-refractivity contribution < 1.29 is 81.9 Å². The molecule has 2 aromatic heterocycles. The fourth-order valence-corrected chi connectivity index (χ4v) is 10.1. The van der Waals surface area contributed by atoms with Crippen molar-refractivity contribution in [2.75, 3.05) is 14.2 Å². The van der Waals surface area contributed by atoms with Gasteiger partial charge in [-0.1, -0.05) is 23.3 Å². The van der Waals surface area contributed by atoms with E-state index >= 15 is 0 Å². The molecule has 2 fully saturated rings. The number of carbonyl (C=O) groups is 3. The second-order valence-corrected chi connectivity index (χ2v) is 22.3. The first-order valence-electron chi connectivity index (χ1n) is 26.9. The van der Waals surface area contributed by atoms with Crippen molar-refractivity contribution >= 4 is 39.6 Å². The third-order valence-corrected chi connectivity index (χ3v) is 14.6. The molecule has 2 aliphatic heterocycles. The van der Waals surface area contributed by atoms with E-state index in [0.717, 1.165) is 11.1 Å². The number of hydrogen-bond donors (Lipinski definition) is 6. The summed E-state index contributed by atoms with van der Waals surface area (Å²) in [6.45, 7) is 18.0. The number of ether oxygens (including phenoxy) is 7. The van der Waals surface area contributed by atoms with E-state index in [2.05, 4.69) is 0 Å². The highest BCUT2D eigenvalue weighted by molar-refractivity contribution is 5.99. The summed E-state index contributed by atoms with van der Waals surface area (Å²) >= 11 is 0. The first-order chi connectivity index (χ1) is 39.0. The maximum absolute atomic E-state index is 13.1. The van der Waals surface area contributed by atoms with E-state index < -0.39 is 77.8 Å². The predicted octanol–water partition coefficient (Wildman–Crippen LogP) is 8.09. The van der Waals surface area contributed by atoms with E-state index in [0.29, 0.717) is 62.7 Å². The predicted molar refractivity (Wildman–Crippen MR) is 306 cm³/mol. The van der Waals surface area contributed by atoms with Crippen LogP contribution in [0, 0.1) is 13.8 Å². The molecule has 20 heteroatoms. The molecule has 6 aromatic rings. The lowest BCUT2D eigenvalue weighted by Crippen LogP contribution is -2.65. The first kappa shape index (κ1) is 62.9. The molecule has 0 saturated carbocycles. The van der Waals surface area contributed by atoms with Crippen molar-refractivity contribution in [3.8, 4) is 23.0 Å². The van der Waals surface area contributed by atoms with Gasteiger partial charge < -0.3 is 73.3 Å². The number of phenols is 2. The summed E-state index contributed by atoms with van der Waals surface area (Å²) in [5.41, 5.74) is 7.89. The van der Waals surface area contributed by atoms with Crippen LogP contribution in [-0.2, 0) is 49.4 Å². The van der Waals surface area contributed by atoms with E-state index in [1.54, 1.807) is 90.1 Å². The Hall–Kier alpha value is -7.69. The number of Topliss-reactive ketones (excluding diaryl/α,β-unsaturated/α-hetero) is 2. The molecule has 4 aromatic carbocycles. The van der Waals surface area contributed by atoms with Crippen molar-refractivity contribution in [2.24, 2.45) is 5.73 Å². The van der Waals surface area contributed by atoms with Crippen LogP contribution in [-0.4, -0.2) is 118 Å². The molecule has 1 amide bonds. The van der Waals surface area contributed by atoms with Gasteiger partial charge in [0.2, 0.25) is 12.6 Å². The highest BCUT2D eigenvalue weighted by atomic mass is 16.7. The van der Waals surface area contributed by atoms with Gasteiger partial charge in [-0.05, 0) is 166 Å². The average Bonchev–Trinajstić information content (AvgIpc) is 2.93. The van der Waals surface area contributed by atoms with Crippen molar-refractivity contribution in [1.82, 2.24) is 0 Å². The van der Waals surface area contributed by atoms with E-state index in [1.165, 1.54) is 38.5 Å². The van der Waals surface area contributed by atoms with Gasteiger partial charge in [0.25, 0.3) is 0 Å². The molecule has 8 atom stereocenters. The smallest absolute Gasteiger partial charge is 0.404 e. The topological polar surface area (TPSA) is 303 Å². The molecule has 8 rings (SSSR count). The zero-order valence-electron chi connectivity index (χ0n) is 48.6. The van der Waals surface area contributed by atoms with Crippen LogP contribution in [0.2, 0.25) is 0 Å². The highest BCUT2D eigenvalue weighted by Crippen LogP contribution is 2.38. The molecular formula is C63H73NO19.